The minimum Gasteiger partial charge on any atom is -0.322 e. The molecule has 1 N–H and O–H groups in total. The van der Waals surface area contributed by atoms with E-state index in [2.05, 4.69) is 16.4 Å². The maximum absolute atomic E-state index is 11.6. The lowest BCUT2D eigenvalue weighted by Crippen LogP contribution is -2.11. The van der Waals surface area contributed by atoms with Gasteiger partial charge < -0.3 is 5.32 Å². The Labute approximate surface area is 87.8 Å². The van der Waals surface area contributed by atoms with Gasteiger partial charge >= 0.3 is 0 Å². The van der Waals surface area contributed by atoms with E-state index in [-0.39, 0.29) is 5.91 Å². The molecule has 0 atom stereocenters. The van der Waals surface area contributed by atoms with Crippen LogP contribution in [0.15, 0.2) is 48.8 Å². The van der Waals surface area contributed by atoms with Crippen LogP contribution in [0.3, 0.4) is 0 Å². The van der Waals surface area contributed by atoms with Crippen LogP contribution >= 0.6 is 0 Å². The van der Waals surface area contributed by atoms with E-state index < -0.39 is 0 Å². The number of amides is 1. The third kappa shape index (κ3) is 2.40. The number of hydrogen-bond acceptors (Lipinski definition) is 2. The number of aromatic nitrogens is 1. The number of pyridine rings is 1. The Bertz CT molecular complexity index is 440. The largest absolute Gasteiger partial charge is 0.322 e. The third-order valence-electron chi connectivity index (χ3n) is 1.89. The molecule has 3 nitrogen and oxygen atoms in total. The van der Waals surface area contributed by atoms with Crippen molar-refractivity contribution in [2.45, 2.75) is 0 Å². The van der Waals surface area contributed by atoms with Crippen LogP contribution in [-0.2, 0) is 0 Å². The zero-order valence-electron chi connectivity index (χ0n) is 7.97. The van der Waals surface area contributed by atoms with Crippen LogP contribution in [0.25, 0.3) is 0 Å². The molecule has 1 aromatic heterocycles. The van der Waals surface area contributed by atoms with Crippen molar-refractivity contribution >= 4 is 11.6 Å². The molecule has 1 radical (unpaired) electrons. The molecular weight excluding hydrogens is 188 g/mol. The van der Waals surface area contributed by atoms with Crippen molar-refractivity contribution in [3.63, 3.8) is 0 Å². The molecule has 1 amide bonds. The lowest BCUT2D eigenvalue weighted by Gasteiger charge is -2.03. The Balaban J connectivity index is 2.12. The summed E-state index contributed by atoms with van der Waals surface area (Å²) in [7, 11) is 0. The van der Waals surface area contributed by atoms with Gasteiger partial charge in [-0.3, -0.25) is 9.78 Å². The highest BCUT2D eigenvalue weighted by Crippen LogP contribution is 2.07. The van der Waals surface area contributed by atoms with Crippen LogP contribution in [0.4, 0.5) is 5.69 Å². The van der Waals surface area contributed by atoms with Crippen molar-refractivity contribution in [3.05, 3.63) is 60.4 Å². The number of nitrogens with one attached hydrogen (secondary N) is 1. The van der Waals surface area contributed by atoms with E-state index in [0.29, 0.717) is 5.56 Å². The van der Waals surface area contributed by atoms with Gasteiger partial charge in [-0.15, -0.1) is 0 Å². The molecule has 0 saturated carbocycles. The van der Waals surface area contributed by atoms with E-state index in [4.69, 9.17) is 0 Å². The first-order chi connectivity index (χ1) is 7.36. The monoisotopic (exact) mass is 197 g/mol. The minimum absolute atomic E-state index is 0.164. The Hall–Kier alpha value is -2.16. The van der Waals surface area contributed by atoms with Gasteiger partial charge in [-0.2, -0.15) is 0 Å². The summed E-state index contributed by atoms with van der Waals surface area (Å²) in [5.74, 6) is -0.164. The quantitative estimate of drug-likeness (QED) is 0.801. The average Bonchev–Trinajstić information content (AvgIpc) is 2.31. The van der Waals surface area contributed by atoms with E-state index in [1.165, 1.54) is 6.20 Å². The number of benzene rings is 1. The second-order valence-corrected chi connectivity index (χ2v) is 2.99. The second-order valence-electron chi connectivity index (χ2n) is 2.99. The van der Waals surface area contributed by atoms with Gasteiger partial charge in [-0.05, 0) is 30.3 Å². The predicted molar refractivity (Wildman–Crippen MR) is 57.5 cm³/mol. The summed E-state index contributed by atoms with van der Waals surface area (Å²) in [4.78, 5) is 15.5. The lowest BCUT2D eigenvalue weighted by molar-refractivity contribution is 0.102. The molecule has 73 valence electrons. The van der Waals surface area contributed by atoms with Gasteiger partial charge in [0.1, 0.15) is 0 Å². The molecule has 0 fully saturated rings. The number of anilines is 1. The standard InChI is InChI=1S/C12H9N2O/c15-12(10-5-4-8-13-9-10)14-11-6-2-1-3-7-11/h1-2,4-9H,(H,14,15). The lowest BCUT2D eigenvalue weighted by atomic mass is 10.2. The van der Waals surface area contributed by atoms with E-state index in [0.717, 1.165) is 5.69 Å². The molecule has 0 bridgehead atoms. The van der Waals surface area contributed by atoms with Gasteiger partial charge in [0.05, 0.1) is 5.56 Å². The van der Waals surface area contributed by atoms with Crippen LogP contribution in [0.1, 0.15) is 10.4 Å². The van der Waals surface area contributed by atoms with Crippen molar-refractivity contribution in [2.24, 2.45) is 0 Å². The van der Waals surface area contributed by atoms with Gasteiger partial charge in [0.25, 0.3) is 5.91 Å². The maximum atomic E-state index is 11.6. The molecule has 1 aromatic carbocycles. The summed E-state index contributed by atoms with van der Waals surface area (Å²) in [6.07, 6.45) is 3.16. The van der Waals surface area contributed by atoms with Gasteiger partial charge in [0, 0.05) is 18.1 Å². The fraction of sp³-hybridized carbons (Fsp3) is 0. The highest BCUT2D eigenvalue weighted by molar-refractivity contribution is 6.03. The topological polar surface area (TPSA) is 42.0 Å². The minimum atomic E-state index is -0.164. The zero-order valence-corrected chi connectivity index (χ0v) is 7.97. The fourth-order valence-corrected chi connectivity index (χ4v) is 1.17. The van der Waals surface area contributed by atoms with Crippen LogP contribution in [-0.4, -0.2) is 10.9 Å². The van der Waals surface area contributed by atoms with Crippen molar-refractivity contribution in [1.29, 1.82) is 0 Å². The SMILES string of the molecule is O=C(Nc1c[c]ccc1)c1cccnc1. The maximum Gasteiger partial charge on any atom is 0.257 e. The van der Waals surface area contributed by atoms with Crippen molar-refractivity contribution < 1.29 is 4.79 Å². The highest BCUT2D eigenvalue weighted by atomic mass is 16.1. The number of rotatable bonds is 2. The van der Waals surface area contributed by atoms with Gasteiger partial charge in [-0.1, -0.05) is 12.1 Å². The summed E-state index contributed by atoms with van der Waals surface area (Å²) in [6, 6.07) is 13.5. The normalized spacial score (nSPS) is 9.60. The summed E-state index contributed by atoms with van der Waals surface area (Å²) in [5, 5.41) is 2.75. The summed E-state index contributed by atoms with van der Waals surface area (Å²) >= 11 is 0. The fourth-order valence-electron chi connectivity index (χ4n) is 1.17. The Kier molecular flexibility index (Phi) is 2.74. The number of carbonyl (C=O) groups excluding carboxylic acids is 1. The van der Waals surface area contributed by atoms with Crippen molar-refractivity contribution in [3.8, 4) is 0 Å². The van der Waals surface area contributed by atoms with Crippen LogP contribution in [0, 0.1) is 6.07 Å². The Morgan fingerprint density at radius 1 is 1.33 bits per heavy atom. The molecule has 15 heavy (non-hydrogen) atoms. The highest BCUT2D eigenvalue weighted by Gasteiger charge is 2.04. The molecule has 1 heterocycles. The number of carbonyl (C=O) groups is 1. The Morgan fingerprint density at radius 2 is 2.27 bits per heavy atom. The van der Waals surface area contributed by atoms with Crippen LogP contribution in [0.2, 0.25) is 0 Å². The molecule has 0 aliphatic carbocycles. The second kappa shape index (κ2) is 4.37. The number of nitrogens with zero attached hydrogens (tertiary/aromatic N) is 1. The molecule has 2 aromatic rings. The molecule has 0 aliphatic heterocycles. The van der Waals surface area contributed by atoms with E-state index in [1.54, 1.807) is 30.5 Å². The summed E-state index contributed by atoms with van der Waals surface area (Å²) in [6.45, 7) is 0. The molecule has 2 rings (SSSR count). The molecule has 3 heteroatoms. The molecule has 0 aliphatic rings. The molecule has 0 spiro atoms. The van der Waals surface area contributed by atoms with Crippen molar-refractivity contribution in [1.82, 2.24) is 4.98 Å². The van der Waals surface area contributed by atoms with Crippen LogP contribution < -0.4 is 5.32 Å². The Morgan fingerprint density at radius 3 is 2.93 bits per heavy atom. The molecule has 0 unspecified atom stereocenters. The van der Waals surface area contributed by atoms with Gasteiger partial charge in [-0.25, -0.2) is 0 Å². The zero-order chi connectivity index (χ0) is 10.5. The third-order valence-corrected chi connectivity index (χ3v) is 1.89. The first-order valence-electron chi connectivity index (χ1n) is 4.54. The van der Waals surface area contributed by atoms with E-state index in [1.807, 2.05) is 12.1 Å². The van der Waals surface area contributed by atoms with E-state index in [9.17, 15) is 4.79 Å². The molecular formula is C12H9N2O. The first kappa shape index (κ1) is 9.40. The van der Waals surface area contributed by atoms with Crippen molar-refractivity contribution in [2.75, 3.05) is 5.32 Å². The summed E-state index contributed by atoms with van der Waals surface area (Å²) in [5.41, 5.74) is 1.27. The smallest absolute Gasteiger partial charge is 0.257 e. The summed E-state index contributed by atoms with van der Waals surface area (Å²) < 4.78 is 0. The van der Waals surface area contributed by atoms with Gasteiger partial charge in [0.15, 0.2) is 0 Å². The van der Waals surface area contributed by atoms with E-state index >= 15 is 0 Å². The predicted octanol–water partition coefficient (Wildman–Crippen LogP) is 2.13. The number of hydrogen-bond donors (Lipinski definition) is 1. The van der Waals surface area contributed by atoms with Crippen LogP contribution in [0.5, 0.6) is 0 Å². The van der Waals surface area contributed by atoms with Gasteiger partial charge in [0.2, 0.25) is 0 Å². The first-order valence-corrected chi connectivity index (χ1v) is 4.54. The molecule has 0 saturated heterocycles. The average molecular weight is 197 g/mol.